The van der Waals surface area contributed by atoms with Gasteiger partial charge in [-0.05, 0) is 18.8 Å². The molecule has 1 atom stereocenters. The van der Waals surface area contributed by atoms with Crippen molar-refractivity contribution in [1.29, 1.82) is 0 Å². The predicted molar refractivity (Wildman–Crippen MR) is 76.6 cm³/mol. The summed E-state index contributed by atoms with van der Waals surface area (Å²) in [5, 5.41) is 0. The third kappa shape index (κ3) is 2.76. The smallest absolute Gasteiger partial charge is 0.228 e. The lowest BCUT2D eigenvalue weighted by molar-refractivity contribution is 0.307. The minimum absolute atomic E-state index is 0.221. The highest BCUT2D eigenvalue weighted by Gasteiger charge is 2.35. The largest absolute Gasteiger partial charge is 0.481 e. The third-order valence-electron chi connectivity index (χ3n) is 3.41. The fourth-order valence-electron chi connectivity index (χ4n) is 2.27. The number of hydrogen-bond acceptors (Lipinski definition) is 4. The highest BCUT2D eigenvalue weighted by Crippen LogP contribution is 2.35. The Balaban J connectivity index is 2.24. The monoisotopic (exact) mass is 313 g/mol. The van der Waals surface area contributed by atoms with Gasteiger partial charge in [0.2, 0.25) is 11.8 Å². The lowest BCUT2D eigenvalue weighted by atomic mass is 9.84. The number of aryl methyl sites for hydroxylation is 1. The number of halogens is 1. The van der Waals surface area contributed by atoms with Crippen molar-refractivity contribution in [3.63, 3.8) is 0 Å². The lowest BCUT2D eigenvalue weighted by Gasteiger charge is -2.41. The van der Waals surface area contributed by atoms with Gasteiger partial charge in [-0.3, -0.25) is 0 Å². The second-order valence-corrected chi connectivity index (χ2v) is 6.62. The third-order valence-corrected chi connectivity index (χ3v) is 5.11. The highest BCUT2D eigenvalue weighted by molar-refractivity contribution is 9.09. The van der Waals surface area contributed by atoms with Crippen molar-refractivity contribution in [3.8, 4) is 5.88 Å². The molecule has 18 heavy (non-hydrogen) atoms. The van der Waals surface area contributed by atoms with Gasteiger partial charge in [-0.25, -0.2) is 4.98 Å². The average Bonchev–Trinajstić information content (AvgIpc) is 2.31. The number of piperidine rings is 1. The second kappa shape index (κ2) is 5.03. The van der Waals surface area contributed by atoms with Gasteiger partial charge < -0.3 is 9.64 Å². The van der Waals surface area contributed by atoms with Crippen molar-refractivity contribution in [3.05, 3.63) is 11.8 Å². The van der Waals surface area contributed by atoms with E-state index < -0.39 is 0 Å². The van der Waals surface area contributed by atoms with Gasteiger partial charge in [0, 0.05) is 29.7 Å². The van der Waals surface area contributed by atoms with Crippen LogP contribution < -0.4 is 9.64 Å². The van der Waals surface area contributed by atoms with E-state index in [-0.39, 0.29) is 5.41 Å². The molecule has 1 aromatic rings. The van der Waals surface area contributed by atoms with Crippen LogP contribution in [0.1, 0.15) is 26.0 Å². The van der Waals surface area contributed by atoms with Crippen molar-refractivity contribution in [2.24, 2.45) is 5.41 Å². The SMILES string of the molecule is COc1cc(C)nc(N2CCC(Br)C(C)(C)C2)n1. The first-order valence-electron chi connectivity index (χ1n) is 6.21. The lowest BCUT2D eigenvalue weighted by Crippen LogP contribution is -2.47. The van der Waals surface area contributed by atoms with Crippen LogP contribution in [-0.4, -0.2) is 35.0 Å². The molecule has 1 aliphatic rings. The quantitative estimate of drug-likeness (QED) is 0.787. The van der Waals surface area contributed by atoms with E-state index in [1.165, 1.54) is 0 Å². The molecule has 4 nitrogen and oxygen atoms in total. The normalized spacial score (nSPS) is 22.9. The summed E-state index contributed by atoms with van der Waals surface area (Å²) in [6.07, 6.45) is 1.10. The number of anilines is 1. The van der Waals surface area contributed by atoms with Crippen LogP contribution in [0, 0.1) is 12.3 Å². The minimum atomic E-state index is 0.221. The van der Waals surface area contributed by atoms with E-state index in [4.69, 9.17) is 4.74 Å². The van der Waals surface area contributed by atoms with E-state index in [9.17, 15) is 0 Å². The zero-order chi connectivity index (χ0) is 13.3. The van der Waals surface area contributed by atoms with Crippen LogP contribution in [0.15, 0.2) is 6.07 Å². The van der Waals surface area contributed by atoms with Gasteiger partial charge >= 0.3 is 0 Å². The maximum atomic E-state index is 5.21. The maximum Gasteiger partial charge on any atom is 0.228 e. The Morgan fingerprint density at radius 3 is 2.78 bits per heavy atom. The number of rotatable bonds is 2. The van der Waals surface area contributed by atoms with Crippen LogP contribution in [0.5, 0.6) is 5.88 Å². The van der Waals surface area contributed by atoms with E-state index >= 15 is 0 Å². The molecule has 0 radical (unpaired) electrons. The molecule has 1 aliphatic heterocycles. The van der Waals surface area contributed by atoms with E-state index in [2.05, 4.69) is 44.6 Å². The summed E-state index contributed by atoms with van der Waals surface area (Å²) in [7, 11) is 1.64. The summed E-state index contributed by atoms with van der Waals surface area (Å²) < 4.78 is 5.21. The van der Waals surface area contributed by atoms with Crippen LogP contribution in [0.3, 0.4) is 0 Å². The number of methoxy groups -OCH3 is 1. The summed E-state index contributed by atoms with van der Waals surface area (Å²) in [6, 6.07) is 1.85. The highest BCUT2D eigenvalue weighted by atomic mass is 79.9. The molecule has 0 aromatic carbocycles. The van der Waals surface area contributed by atoms with Gasteiger partial charge in [0.05, 0.1) is 7.11 Å². The van der Waals surface area contributed by atoms with E-state index in [0.717, 1.165) is 31.2 Å². The predicted octanol–water partition coefficient (Wildman–Crippen LogP) is 2.79. The Morgan fingerprint density at radius 1 is 1.44 bits per heavy atom. The molecule has 100 valence electrons. The molecule has 0 spiro atoms. The van der Waals surface area contributed by atoms with Gasteiger partial charge in [0.15, 0.2) is 0 Å². The molecule has 2 heterocycles. The second-order valence-electron chi connectivity index (χ2n) is 5.52. The molecular formula is C13H20BrN3O. The summed E-state index contributed by atoms with van der Waals surface area (Å²) in [5.74, 6) is 1.41. The topological polar surface area (TPSA) is 38.2 Å². The Morgan fingerprint density at radius 2 is 2.17 bits per heavy atom. The molecule has 0 aliphatic carbocycles. The van der Waals surface area contributed by atoms with Crippen molar-refractivity contribution in [2.45, 2.75) is 32.0 Å². The van der Waals surface area contributed by atoms with Gasteiger partial charge in [0.1, 0.15) is 0 Å². The molecule has 0 saturated carbocycles. The van der Waals surface area contributed by atoms with Crippen molar-refractivity contribution >= 4 is 21.9 Å². The Kier molecular flexibility index (Phi) is 3.80. The van der Waals surface area contributed by atoms with Crippen LogP contribution in [0.25, 0.3) is 0 Å². The van der Waals surface area contributed by atoms with E-state index in [1.54, 1.807) is 7.11 Å². The molecule has 2 rings (SSSR count). The number of nitrogens with zero attached hydrogens (tertiary/aromatic N) is 3. The minimum Gasteiger partial charge on any atom is -0.481 e. The number of alkyl halides is 1. The molecule has 1 unspecified atom stereocenters. The molecule has 1 saturated heterocycles. The van der Waals surface area contributed by atoms with Crippen molar-refractivity contribution in [1.82, 2.24) is 9.97 Å². The maximum absolute atomic E-state index is 5.21. The fourth-order valence-corrected chi connectivity index (χ4v) is 2.62. The van der Waals surface area contributed by atoms with Crippen LogP contribution >= 0.6 is 15.9 Å². The van der Waals surface area contributed by atoms with Gasteiger partial charge in [-0.15, -0.1) is 0 Å². The van der Waals surface area contributed by atoms with Crippen LogP contribution in [-0.2, 0) is 0 Å². The molecule has 0 N–H and O–H groups in total. The number of hydrogen-bond donors (Lipinski definition) is 0. The molecule has 5 heteroatoms. The summed E-state index contributed by atoms with van der Waals surface area (Å²) in [6.45, 7) is 8.44. The number of ether oxygens (including phenoxy) is 1. The zero-order valence-electron chi connectivity index (χ0n) is 11.4. The standard InChI is InChI=1S/C13H20BrN3O/c1-9-7-11(18-4)16-12(15-9)17-6-5-10(14)13(2,3)8-17/h7,10H,5-6,8H2,1-4H3. The summed E-state index contributed by atoms with van der Waals surface area (Å²) in [4.78, 5) is 11.8. The van der Waals surface area contributed by atoms with Gasteiger partial charge in [-0.1, -0.05) is 29.8 Å². The van der Waals surface area contributed by atoms with Gasteiger partial charge in [-0.2, -0.15) is 4.98 Å². The van der Waals surface area contributed by atoms with E-state index in [1.807, 2.05) is 13.0 Å². The summed E-state index contributed by atoms with van der Waals surface area (Å²) in [5.41, 5.74) is 1.16. The van der Waals surface area contributed by atoms with Crippen LogP contribution in [0.2, 0.25) is 0 Å². The Bertz CT molecular complexity index is 436. The first-order valence-corrected chi connectivity index (χ1v) is 7.12. The molecule has 0 bridgehead atoms. The Labute approximate surface area is 117 Å². The van der Waals surface area contributed by atoms with Crippen molar-refractivity contribution in [2.75, 3.05) is 25.1 Å². The van der Waals surface area contributed by atoms with Gasteiger partial charge in [0.25, 0.3) is 0 Å². The molecular weight excluding hydrogens is 294 g/mol. The molecule has 0 amide bonds. The summed E-state index contributed by atoms with van der Waals surface area (Å²) >= 11 is 3.76. The zero-order valence-corrected chi connectivity index (χ0v) is 13.0. The first kappa shape index (κ1) is 13.6. The Hall–Kier alpha value is -0.840. The van der Waals surface area contributed by atoms with E-state index in [0.29, 0.717) is 10.7 Å². The number of aromatic nitrogens is 2. The van der Waals surface area contributed by atoms with Crippen LogP contribution in [0.4, 0.5) is 5.95 Å². The first-order chi connectivity index (χ1) is 8.42. The average molecular weight is 314 g/mol. The fraction of sp³-hybridized carbons (Fsp3) is 0.692. The molecule has 1 fully saturated rings. The molecule has 1 aromatic heterocycles. The van der Waals surface area contributed by atoms with Crippen molar-refractivity contribution < 1.29 is 4.74 Å².